The Morgan fingerprint density at radius 2 is 1.57 bits per heavy atom. The zero-order valence-corrected chi connectivity index (χ0v) is 21.6. The van der Waals surface area contributed by atoms with Gasteiger partial charge in [-0.25, -0.2) is 4.98 Å². The molecule has 1 aromatic rings. The Balaban J connectivity index is 1.06. The van der Waals surface area contributed by atoms with E-state index in [1.807, 2.05) is 17.0 Å². The molecule has 2 atom stereocenters. The van der Waals surface area contributed by atoms with Crippen molar-refractivity contribution in [1.82, 2.24) is 24.6 Å². The number of hydrogen-bond acceptors (Lipinski definition) is 6. The zero-order valence-electron chi connectivity index (χ0n) is 21.6. The van der Waals surface area contributed by atoms with Crippen molar-refractivity contribution >= 4 is 17.6 Å². The molecule has 8 nitrogen and oxygen atoms in total. The van der Waals surface area contributed by atoms with Crippen molar-refractivity contribution in [2.45, 2.75) is 45.6 Å². The standard InChI is InChI=1S/C27H42N6O2/c1-21-16-22(2)19-33(18-21)27(35)23-6-7-25(28-17-23)31-10-8-29(9-11-31)20-26(34)32-14-12-30(13-15-32)24-4-3-5-24/h6-7,17,21-22,24H,3-5,8-16,18-20H2,1-2H3. The molecule has 3 aliphatic heterocycles. The number of amides is 2. The summed E-state index contributed by atoms with van der Waals surface area (Å²) >= 11 is 0. The van der Waals surface area contributed by atoms with Gasteiger partial charge in [-0.15, -0.1) is 0 Å². The first-order chi connectivity index (χ1) is 17.0. The lowest BCUT2D eigenvalue weighted by Crippen LogP contribution is -2.56. The third-order valence-electron chi connectivity index (χ3n) is 8.46. The first-order valence-corrected chi connectivity index (χ1v) is 13.7. The summed E-state index contributed by atoms with van der Waals surface area (Å²) in [7, 11) is 0. The van der Waals surface area contributed by atoms with Gasteiger partial charge in [-0.3, -0.25) is 19.4 Å². The fourth-order valence-electron chi connectivity index (χ4n) is 6.23. The van der Waals surface area contributed by atoms with Crippen molar-refractivity contribution in [3.63, 3.8) is 0 Å². The maximum atomic E-state index is 13.0. The van der Waals surface area contributed by atoms with Gasteiger partial charge in [0.1, 0.15) is 5.82 Å². The molecular weight excluding hydrogens is 440 g/mol. The van der Waals surface area contributed by atoms with Crippen LogP contribution in [0.2, 0.25) is 0 Å². The van der Waals surface area contributed by atoms with E-state index in [0.717, 1.165) is 77.3 Å². The molecule has 1 aliphatic carbocycles. The Kier molecular flexibility index (Phi) is 7.58. The number of hydrogen-bond donors (Lipinski definition) is 0. The molecule has 0 N–H and O–H groups in total. The normalized spacial score (nSPS) is 27.1. The Bertz CT molecular complexity index is 862. The number of aromatic nitrogens is 1. The molecule has 1 saturated carbocycles. The summed E-state index contributed by atoms with van der Waals surface area (Å²) in [6, 6.07) is 4.68. The number of piperidine rings is 1. The Morgan fingerprint density at radius 3 is 2.14 bits per heavy atom. The monoisotopic (exact) mass is 482 g/mol. The maximum absolute atomic E-state index is 13.0. The number of anilines is 1. The van der Waals surface area contributed by atoms with Crippen LogP contribution in [0.3, 0.4) is 0 Å². The average molecular weight is 483 g/mol. The van der Waals surface area contributed by atoms with Gasteiger partial charge >= 0.3 is 0 Å². The fourth-order valence-corrected chi connectivity index (χ4v) is 6.23. The van der Waals surface area contributed by atoms with Crippen LogP contribution in [-0.4, -0.2) is 114 Å². The van der Waals surface area contributed by atoms with Gasteiger partial charge in [0.2, 0.25) is 5.91 Å². The summed E-state index contributed by atoms with van der Waals surface area (Å²) in [5, 5.41) is 0. The topological polar surface area (TPSA) is 63.2 Å². The van der Waals surface area contributed by atoms with E-state index in [1.165, 1.54) is 25.7 Å². The van der Waals surface area contributed by atoms with Crippen LogP contribution < -0.4 is 4.90 Å². The minimum atomic E-state index is 0.0966. The van der Waals surface area contributed by atoms with Gasteiger partial charge in [0.25, 0.3) is 5.91 Å². The van der Waals surface area contributed by atoms with Crippen molar-refractivity contribution in [2.75, 3.05) is 76.9 Å². The molecule has 0 radical (unpaired) electrons. The van der Waals surface area contributed by atoms with E-state index >= 15 is 0 Å². The van der Waals surface area contributed by atoms with Gasteiger partial charge in [-0.1, -0.05) is 20.3 Å². The summed E-state index contributed by atoms with van der Waals surface area (Å²) in [4.78, 5) is 41.6. The third kappa shape index (κ3) is 5.80. The van der Waals surface area contributed by atoms with Crippen LogP contribution in [0.1, 0.15) is 49.9 Å². The molecule has 1 aromatic heterocycles. The highest BCUT2D eigenvalue weighted by molar-refractivity contribution is 5.94. The molecule has 4 aliphatic rings. The first kappa shape index (κ1) is 24.5. The second-order valence-corrected chi connectivity index (χ2v) is 11.3. The third-order valence-corrected chi connectivity index (χ3v) is 8.46. The number of likely N-dealkylation sites (tertiary alicyclic amines) is 1. The van der Waals surface area contributed by atoms with Gasteiger partial charge in [-0.2, -0.15) is 0 Å². The molecule has 0 bridgehead atoms. The second kappa shape index (κ2) is 10.8. The summed E-state index contributed by atoms with van der Waals surface area (Å²) < 4.78 is 0. The smallest absolute Gasteiger partial charge is 0.255 e. The Hall–Kier alpha value is -2.19. The Morgan fingerprint density at radius 1 is 0.886 bits per heavy atom. The lowest BCUT2D eigenvalue weighted by Gasteiger charge is -2.43. The summed E-state index contributed by atoms with van der Waals surface area (Å²) in [6.45, 7) is 13.9. The molecule has 5 rings (SSSR count). The SMILES string of the molecule is CC1CC(C)CN(C(=O)c2ccc(N3CCN(CC(=O)N4CCN(C5CCC5)CC4)CC3)nc2)C1. The van der Waals surface area contributed by atoms with E-state index in [-0.39, 0.29) is 11.8 Å². The van der Waals surface area contributed by atoms with Gasteiger partial charge in [0, 0.05) is 77.7 Å². The number of pyridine rings is 1. The van der Waals surface area contributed by atoms with Crippen LogP contribution in [-0.2, 0) is 4.79 Å². The lowest BCUT2D eigenvalue weighted by atomic mass is 9.91. The van der Waals surface area contributed by atoms with Crippen LogP contribution in [0.4, 0.5) is 5.82 Å². The van der Waals surface area contributed by atoms with E-state index in [0.29, 0.717) is 23.9 Å². The van der Waals surface area contributed by atoms with Crippen LogP contribution >= 0.6 is 0 Å². The predicted octanol–water partition coefficient (Wildman–Crippen LogP) is 2.02. The van der Waals surface area contributed by atoms with Crippen LogP contribution in [0.25, 0.3) is 0 Å². The quantitative estimate of drug-likeness (QED) is 0.640. The van der Waals surface area contributed by atoms with Crippen molar-refractivity contribution < 1.29 is 9.59 Å². The van der Waals surface area contributed by atoms with E-state index < -0.39 is 0 Å². The molecule has 2 unspecified atom stereocenters. The minimum absolute atomic E-state index is 0.0966. The highest BCUT2D eigenvalue weighted by Gasteiger charge is 2.30. The minimum Gasteiger partial charge on any atom is -0.354 e. The van der Waals surface area contributed by atoms with Gasteiger partial charge < -0.3 is 14.7 Å². The molecule has 8 heteroatoms. The van der Waals surface area contributed by atoms with Gasteiger partial charge in [0.05, 0.1) is 12.1 Å². The molecule has 2 amide bonds. The zero-order chi connectivity index (χ0) is 24.4. The number of rotatable bonds is 5. The lowest BCUT2D eigenvalue weighted by molar-refractivity contribution is -0.134. The van der Waals surface area contributed by atoms with Crippen molar-refractivity contribution in [3.8, 4) is 0 Å². The van der Waals surface area contributed by atoms with E-state index in [4.69, 9.17) is 0 Å². The van der Waals surface area contributed by atoms with Gasteiger partial charge in [-0.05, 0) is 43.2 Å². The highest BCUT2D eigenvalue weighted by atomic mass is 16.2. The molecule has 4 fully saturated rings. The second-order valence-electron chi connectivity index (χ2n) is 11.3. The molecule has 0 spiro atoms. The predicted molar refractivity (Wildman–Crippen MR) is 138 cm³/mol. The maximum Gasteiger partial charge on any atom is 0.255 e. The van der Waals surface area contributed by atoms with E-state index in [1.54, 1.807) is 6.20 Å². The van der Waals surface area contributed by atoms with Crippen molar-refractivity contribution in [3.05, 3.63) is 23.9 Å². The van der Waals surface area contributed by atoms with E-state index in [9.17, 15) is 9.59 Å². The molecule has 192 valence electrons. The first-order valence-electron chi connectivity index (χ1n) is 13.7. The highest BCUT2D eigenvalue weighted by Crippen LogP contribution is 2.26. The number of carbonyl (C=O) groups excluding carboxylic acids is 2. The molecule has 0 aromatic carbocycles. The van der Waals surface area contributed by atoms with Crippen LogP contribution in [0.15, 0.2) is 18.3 Å². The van der Waals surface area contributed by atoms with E-state index in [2.05, 4.69) is 38.4 Å². The molecule has 4 heterocycles. The molecular formula is C27H42N6O2. The largest absolute Gasteiger partial charge is 0.354 e. The number of carbonyl (C=O) groups is 2. The van der Waals surface area contributed by atoms with Crippen molar-refractivity contribution in [1.29, 1.82) is 0 Å². The number of nitrogens with zero attached hydrogens (tertiary/aromatic N) is 6. The number of piperazine rings is 2. The van der Waals surface area contributed by atoms with Crippen LogP contribution in [0, 0.1) is 11.8 Å². The van der Waals surface area contributed by atoms with Crippen LogP contribution in [0.5, 0.6) is 0 Å². The summed E-state index contributed by atoms with van der Waals surface area (Å²) in [5.74, 6) is 2.39. The molecule has 3 saturated heterocycles. The van der Waals surface area contributed by atoms with Gasteiger partial charge in [0.15, 0.2) is 0 Å². The fraction of sp³-hybridized carbons (Fsp3) is 0.741. The summed E-state index contributed by atoms with van der Waals surface area (Å²) in [6.07, 6.45) is 6.97. The molecule has 35 heavy (non-hydrogen) atoms. The average Bonchev–Trinajstić information content (AvgIpc) is 2.83. The van der Waals surface area contributed by atoms with Crippen molar-refractivity contribution in [2.24, 2.45) is 11.8 Å². The summed E-state index contributed by atoms with van der Waals surface area (Å²) in [5.41, 5.74) is 0.677. The Labute approximate surface area is 210 Å².